The third-order valence-electron chi connectivity index (χ3n) is 8.39. The lowest BCUT2D eigenvalue weighted by molar-refractivity contribution is -0.697. The summed E-state index contributed by atoms with van der Waals surface area (Å²) in [5.41, 5.74) is 0. The molecule has 0 saturated carbocycles. The summed E-state index contributed by atoms with van der Waals surface area (Å²) in [7, 11) is -4.56. The molecule has 2 atom stereocenters. The van der Waals surface area contributed by atoms with Gasteiger partial charge in [-0.3, -0.25) is 14.2 Å². The summed E-state index contributed by atoms with van der Waals surface area (Å²) in [6.07, 6.45) is 29.2. The molecule has 0 fully saturated rings. The van der Waals surface area contributed by atoms with Crippen molar-refractivity contribution >= 4 is 19.6 Å². The topological polar surface area (TPSA) is 115 Å². The van der Waals surface area contributed by atoms with Crippen molar-refractivity contribution in [1.29, 1.82) is 0 Å². The van der Waals surface area contributed by atoms with E-state index in [1.165, 1.54) is 90.4 Å². The molecule has 9 nitrogen and oxygen atoms in total. The number of nitrogens with zero attached hydrogens (tertiary/aromatic N) is 1. The van der Waals surface area contributed by atoms with Crippen LogP contribution in [0.4, 0.5) is 0 Å². The number of esters is 1. The zero-order valence-corrected chi connectivity index (χ0v) is 31.3. The van der Waals surface area contributed by atoms with Gasteiger partial charge in [0.25, 0.3) is 7.82 Å². The third-order valence-corrected chi connectivity index (χ3v) is 9.36. The summed E-state index contributed by atoms with van der Waals surface area (Å²) >= 11 is 0. The fraction of sp³-hybridized carbons (Fsp3) is 0.816. The maximum Gasteiger partial charge on any atom is 0.313 e. The van der Waals surface area contributed by atoms with E-state index < -0.39 is 26.5 Å². The Hall–Kier alpha value is -1.64. The highest BCUT2D eigenvalue weighted by molar-refractivity contribution is 7.45. The zero-order chi connectivity index (χ0) is 35.0. The Kier molecular flexibility index (Phi) is 29.0. The first-order valence-electron chi connectivity index (χ1n) is 19.1. The van der Waals surface area contributed by atoms with Gasteiger partial charge in [-0.1, -0.05) is 129 Å². The van der Waals surface area contributed by atoms with E-state index in [0.717, 1.165) is 57.9 Å². The van der Waals surface area contributed by atoms with Crippen LogP contribution in [-0.4, -0.2) is 44.3 Å². The zero-order valence-electron chi connectivity index (χ0n) is 30.4. The Morgan fingerprint density at radius 1 is 0.646 bits per heavy atom. The fourth-order valence-electron chi connectivity index (χ4n) is 5.59. The highest BCUT2D eigenvalue weighted by Crippen LogP contribution is 2.38. The molecule has 1 aromatic rings. The van der Waals surface area contributed by atoms with Gasteiger partial charge in [-0.05, 0) is 26.2 Å². The molecule has 0 saturated heterocycles. The first-order valence-corrected chi connectivity index (χ1v) is 20.6. The molecule has 0 spiro atoms. The summed E-state index contributed by atoms with van der Waals surface area (Å²) in [6.45, 7) is 4.66. The van der Waals surface area contributed by atoms with Gasteiger partial charge in [0.05, 0.1) is 19.8 Å². The molecular weight excluding hydrogens is 629 g/mol. The van der Waals surface area contributed by atoms with Crippen LogP contribution in [0.1, 0.15) is 162 Å². The molecule has 0 bridgehead atoms. The Bertz CT molecular complexity index is 948. The molecule has 0 amide bonds. The van der Waals surface area contributed by atoms with E-state index in [0.29, 0.717) is 13.0 Å². The van der Waals surface area contributed by atoms with Crippen molar-refractivity contribution in [1.82, 2.24) is 0 Å². The number of carbonyl (C=O) groups is 2. The van der Waals surface area contributed by atoms with Crippen LogP contribution in [0.25, 0.3) is 0 Å². The maximum absolute atomic E-state index is 12.3. The van der Waals surface area contributed by atoms with Crippen LogP contribution in [0, 0.1) is 0 Å². The van der Waals surface area contributed by atoms with Crippen LogP contribution in [0.15, 0.2) is 30.6 Å². The average Bonchev–Trinajstić information content (AvgIpc) is 3.06. The minimum absolute atomic E-state index is 0.00877. The smallest absolute Gasteiger partial charge is 0.313 e. The monoisotopic (exact) mass is 697 g/mol. The van der Waals surface area contributed by atoms with E-state index in [9.17, 15) is 19.0 Å². The first kappa shape index (κ1) is 44.4. The van der Waals surface area contributed by atoms with E-state index >= 15 is 0 Å². The largest absolute Gasteiger partial charge is 0.756 e. The quantitative estimate of drug-likeness (QED) is 0.0227. The van der Waals surface area contributed by atoms with Gasteiger partial charge >= 0.3 is 5.97 Å². The molecular formula is C38H68NO8P. The molecule has 2 unspecified atom stereocenters. The van der Waals surface area contributed by atoms with Crippen molar-refractivity contribution in [3.8, 4) is 0 Å². The number of ether oxygens (including phenoxy) is 2. The fourth-order valence-corrected chi connectivity index (χ4v) is 6.37. The van der Waals surface area contributed by atoms with Crippen molar-refractivity contribution in [2.24, 2.45) is 0 Å². The Morgan fingerprint density at radius 3 is 1.65 bits per heavy atom. The Labute approximate surface area is 292 Å². The number of hydrogen-bond donors (Lipinski definition) is 0. The third kappa shape index (κ3) is 29.3. The number of aromatic nitrogens is 1. The van der Waals surface area contributed by atoms with Crippen LogP contribution in [-0.2, 0) is 39.2 Å². The summed E-state index contributed by atoms with van der Waals surface area (Å²) in [5.74, 6) is -1.06. The number of ketones is 1. The lowest BCUT2D eigenvalue weighted by atomic mass is 10.0. The van der Waals surface area contributed by atoms with Gasteiger partial charge < -0.3 is 23.4 Å². The number of phosphoric ester groups is 1. The molecule has 0 aliphatic heterocycles. The van der Waals surface area contributed by atoms with E-state index in [4.69, 9.17) is 18.5 Å². The number of hydrogen-bond acceptors (Lipinski definition) is 8. The van der Waals surface area contributed by atoms with Crippen molar-refractivity contribution in [2.45, 2.75) is 174 Å². The Morgan fingerprint density at radius 2 is 1.12 bits per heavy atom. The molecule has 0 N–H and O–H groups in total. The highest BCUT2D eigenvalue weighted by atomic mass is 31.2. The predicted octanol–water partition coefficient (Wildman–Crippen LogP) is 8.99. The molecule has 0 aliphatic carbocycles. The highest BCUT2D eigenvalue weighted by Gasteiger charge is 2.20. The van der Waals surface area contributed by atoms with Gasteiger partial charge in [0.15, 0.2) is 12.4 Å². The van der Waals surface area contributed by atoms with Crippen LogP contribution in [0.2, 0.25) is 0 Å². The SMILES string of the molecule is CCCCCCCCCCCCCCCCCCOCC(COP(=O)([O-])OCCCCCCCC[n+]1ccccc1)OC(=O)CC(C)=O. The summed E-state index contributed by atoms with van der Waals surface area (Å²) in [5, 5.41) is 0. The molecule has 1 aromatic heterocycles. The second kappa shape index (κ2) is 31.3. The van der Waals surface area contributed by atoms with Gasteiger partial charge in [-0.2, -0.15) is 0 Å². The van der Waals surface area contributed by atoms with E-state index in [1.807, 2.05) is 18.2 Å². The number of pyridine rings is 1. The summed E-state index contributed by atoms with van der Waals surface area (Å²) in [6, 6.07) is 6.05. The molecule has 0 radical (unpaired) electrons. The molecule has 0 aromatic carbocycles. The molecule has 1 rings (SSSR count). The van der Waals surface area contributed by atoms with Crippen molar-refractivity contribution in [3.63, 3.8) is 0 Å². The van der Waals surface area contributed by atoms with E-state index in [2.05, 4.69) is 23.9 Å². The van der Waals surface area contributed by atoms with E-state index in [-0.39, 0.29) is 25.4 Å². The maximum atomic E-state index is 12.3. The number of aryl methyl sites for hydroxylation is 1. The van der Waals surface area contributed by atoms with Gasteiger partial charge in [0.1, 0.15) is 24.9 Å². The lowest BCUT2D eigenvalue weighted by Gasteiger charge is -2.25. The van der Waals surface area contributed by atoms with Crippen LogP contribution >= 0.6 is 7.82 Å². The second-order valence-electron chi connectivity index (χ2n) is 13.2. The second-order valence-corrected chi connectivity index (χ2v) is 14.6. The number of carbonyl (C=O) groups excluding carboxylic acids is 2. The number of phosphoric acid groups is 1. The molecule has 48 heavy (non-hydrogen) atoms. The van der Waals surface area contributed by atoms with Crippen molar-refractivity contribution in [3.05, 3.63) is 30.6 Å². The average molecular weight is 698 g/mol. The number of unbranched alkanes of at least 4 members (excludes halogenated alkanes) is 20. The molecule has 0 aliphatic rings. The van der Waals surface area contributed by atoms with Crippen molar-refractivity contribution < 1.29 is 42.1 Å². The minimum Gasteiger partial charge on any atom is -0.756 e. The first-order chi connectivity index (χ1) is 23.3. The number of rotatable bonds is 35. The summed E-state index contributed by atoms with van der Waals surface area (Å²) in [4.78, 5) is 35.7. The Balaban J connectivity index is 2.11. The van der Waals surface area contributed by atoms with Crippen molar-refractivity contribution in [2.75, 3.05) is 26.4 Å². The van der Waals surface area contributed by atoms with Gasteiger partial charge in [0.2, 0.25) is 0 Å². The van der Waals surface area contributed by atoms with Gasteiger partial charge in [-0.15, -0.1) is 0 Å². The lowest BCUT2D eigenvalue weighted by Crippen LogP contribution is -2.32. The minimum atomic E-state index is -4.56. The van der Waals surface area contributed by atoms with E-state index in [1.54, 1.807) is 0 Å². The molecule has 1 heterocycles. The molecule has 278 valence electrons. The van der Waals surface area contributed by atoms with Crippen LogP contribution in [0.5, 0.6) is 0 Å². The van der Waals surface area contributed by atoms with Gasteiger partial charge in [0, 0.05) is 25.2 Å². The normalized spacial score (nSPS) is 13.3. The van der Waals surface area contributed by atoms with Crippen LogP contribution < -0.4 is 9.46 Å². The van der Waals surface area contributed by atoms with Crippen LogP contribution in [0.3, 0.4) is 0 Å². The number of Topliss-reactive ketones (excluding diaryl/α,β-unsaturated/α-hetero) is 1. The predicted molar refractivity (Wildman–Crippen MR) is 189 cm³/mol. The standard InChI is InChI=1S/C38H68NO8P/c1-3-4-5-6-7-8-9-10-11-12-13-14-15-17-20-26-31-44-34-37(47-38(41)33-36(2)40)35-46-48(42,43)45-32-27-21-18-16-19-23-28-39-29-24-22-25-30-39/h22,24-25,29-30,37H,3-21,23,26-28,31-35H2,1-2H3. The van der Waals surface area contributed by atoms with Gasteiger partial charge in [-0.25, -0.2) is 4.57 Å². The molecule has 10 heteroatoms. The summed E-state index contributed by atoms with van der Waals surface area (Å²) < 4.78 is 35.5.